The van der Waals surface area contributed by atoms with Gasteiger partial charge >= 0.3 is 0 Å². The first-order chi connectivity index (χ1) is 15.1. The van der Waals surface area contributed by atoms with Crippen molar-refractivity contribution < 1.29 is 19.0 Å². The van der Waals surface area contributed by atoms with Crippen LogP contribution in [0.3, 0.4) is 0 Å². The highest BCUT2D eigenvalue weighted by molar-refractivity contribution is 5.94. The van der Waals surface area contributed by atoms with Gasteiger partial charge in [0, 0.05) is 42.7 Å². The summed E-state index contributed by atoms with van der Waals surface area (Å²) in [7, 11) is 1.78. The molecule has 0 N–H and O–H groups in total. The van der Waals surface area contributed by atoms with E-state index in [0.717, 1.165) is 16.9 Å². The van der Waals surface area contributed by atoms with Crippen LogP contribution in [0, 0.1) is 0 Å². The van der Waals surface area contributed by atoms with E-state index in [9.17, 15) is 4.79 Å². The number of carbonyl (C=O) groups is 1. The molecule has 3 rings (SSSR count). The maximum atomic E-state index is 13.0. The first-order valence-electron chi connectivity index (χ1n) is 10.4. The van der Waals surface area contributed by atoms with E-state index in [1.807, 2.05) is 50.2 Å². The average Bonchev–Trinajstić information content (AvgIpc) is 2.80. The second-order valence-corrected chi connectivity index (χ2v) is 6.95. The van der Waals surface area contributed by atoms with Crippen molar-refractivity contribution in [3.63, 3.8) is 0 Å². The number of carbonyl (C=O) groups excluding carboxylic acids is 1. The number of nitrogens with zero attached hydrogens (tertiary/aromatic N) is 2. The van der Waals surface area contributed by atoms with E-state index in [2.05, 4.69) is 4.98 Å². The molecule has 0 fully saturated rings. The summed E-state index contributed by atoms with van der Waals surface area (Å²) in [4.78, 5) is 18.8. The molecule has 31 heavy (non-hydrogen) atoms. The topological polar surface area (TPSA) is 60.9 Å². The maximum absolute atomic E-state index is 13.0. The summed E-state index contributed by atoms with van der Waals surface area (Å²) in [6.07, 6.45) is 3.48. The second-order valence-electron chi connectivity index (χ2n) is 6.95. The van der Waals surface area contributed by atoms with Crippen molar-refractivity contribution in [1.82, 2.24) is 9.88 Å². The van der Waals surface area contributed by atoms with E-state index in [1.54, 1.807) is 42.5 Å². The standard InChI is InChI=1S/C25H28N2O4/c1-4-29-22-11-7-6-10-21(22)17-27(3)25(28)20-12-13-23(24(15-20)30-5-2)31-18-19-9-8-14-26-16-19/h6-16H,4-5,17-18H2,1-3H3. The van der Waals surface area contributed by atoms with E-state index < -0.39 is 0 Å². The van der Waals surface area contributed by atoms with Crippen molar-refractivity contribution >= 4 is 5.91 Å². The van der Waals surface area contributed by atoms with Crippen LogP contribution in [0.4, 0.5) is 0 Å². The third-order valence-corrected chi connectivity index (χ3v) is 4.63. The lowest BCUT2D eigenvalue weighted by atomic mass is 10.1. The normalized spacial score (nSPS) is 10.4. The van der Waals surface area contributed by atoms with Crippen molar-refractivity contribution in [1.29, 1.82) is 0 Å². The van der Waals surface area contributed by atoms with Crippen LogP contribution in [-0.4, -0.2) is 36.1 Å². The lowest BCUT2D eigenvalue weighted by Crippen LogP contribution is -2.26. The van der Waals surface area contributed by atoms with Crippen LogP contribution < -0.4 is 14.2 Å². The van der Waals surface area contributed by atoms with Crippen LogP contribution in [0.15, 0.2) is 67.0 Å². The maximum Gasteiger partial charge on any atom is 0.254 e. The van der Waals surface area contributed by atoms with Crippen LogP contribution in [0.1, 0.15) is 35.3 Å². The van der Waals surface area contributed by atoms with Gasteiger partial charge in [-0.3, -0.25) is 9.78 Å². The fraction of sp³-hybridized carbons (Fsp3) is 0.280. The number of benzene rings is 2. The fourth-order valence-corrected chi connectivity index (χ4v) is 3.15. The Morgan fingerprint density at radius 1 is 0.903 bits per heavy atom. The molecular formula is C25H28N2O4. The minimum absolute atomic E-state index is 0.105. The molecule has 0 aliphatic carbocycles. The Hall–Kier alpha value is -3.54. The van der Waals surface area contributed by atoms with Gasteiger partial charge in [0.2, 0.25) is 0 Å². The highest BCUT2D eigenvalue weighted by atomic mass is 16.5. The SMILES string of the molecule is CCOc1ccccc1CN(C)C(=O)c1ccc(OCc2cccnc2)c(OCC)c1. The Morgan fingerprint density at radius 2 is 1.68 bits per heavy atom. The molecule has 0 spiro atoms. The number of aromatic nitrogens is 1. The van der Waals surface area contributed by atoms with Crippen LogP contribution in [0.2, 0.25) is 0 Å². The quantitative estimate of drug-likeness (QED) is 0.475. The molecular weight excluding hydrogens is 392 g/mol. The van der Waals surface area contributed by atoms with Crippen LogP contribution in [-0.2, 0) is 13.2 Å². The Kier molecular flexibility index (Phi) is 7.87. The predicted molar refractivity (Wildman–Crippen MR) is 120 cm³/mol. The molecule has 1 heterocycles. The molecule has 0 aliphatic heterocycles. The number of pyridine rings is 1. The zero-order chi connectivity index (χ0) is 22.1. The molecule has 1 amide bonds. The zero-order valence-electron chi connectivity index (χ0n) is 18.2. The Labute approximate surface area is 183 Å². The Morgan fingerprint density at radius 3 is 2.42 bits per heavy atom. The average molecular weight is 421 g/mol. The monoisotopic (exact) mass is 420 g/mol. The van der Waals surface area contributed by atoms with Gasteiger partial charge in [-0.05, 0) is 44.2 Å². The van der Waals surface area contributed by atoms with Crippen molar-refractivity contribution in [2.24, 2.45) is 0 Å². The van der Waals surface area contributed by atoms with Gasteiger partial charge in [0.15, 0.2) is 11.5 Å². The number of amides is 1. The molecule has 3 aromatic rings. The van der Waals surface area contributed by atoms with Gasteiger partial charge in [0.25, 0.3) is 5.91 Å². The summed E-state index contributed by atoms with van der Waals surface area (Å²) in [5.74, 6) is 1.82. The van der Waals surface area contributed by atoms with Gasteiger partial charge in [-0.1, -0.05) is 24.3 Å². The Balaban J connectivity index is 1.73. The largest absolute Gasteiger partial charge is 0.494 e. The van der Waals surface area contributed by atoms with Gasteiger partial charge < -0.3 is 19.1 Å². The summed E-state index contributed by atoms with van der Waals surface area (Å²) >= 11 is 0. The van der Waals surface area contributed by atoms with Gasteiger partial charge in [0.05, 0.1) is 13.2 Å². The first kappa shape index (κ1) is 22.2. The van der Waals surface area contributed by atoms with E-state index in [1.165, 1.54) is 0 Å². The molecule has 6 heteroatoms. The van der Waals surface area contributed by atoms with Crippen molar-refractivity contribution in [2.75, 3.05) is 20.3 Å². The summed E-state index contributed by atoms with van der Waals surface area (Å²) in [5.41, 5.74) is 2.45. The lowest BCUT2D eigenvalue weighted by molar-refractivity contribution is 0.0783. The summed E-state index contributed by atoms with van der Waals surface area (Å²) in [6.45, 7) is 5.70. The number of para-hydroxylation sites is 1. The van der Waals surface area contributed by atoms with Crippen molar-refractivity contribution in [2.45, 2.75) is 27.0 Å². The zero-order valence-corrected chi connectivity index (χ0v) is 18.2. The molecule has 0 atom stereocenters. The first-order valence-corrected chi connectivity index (χ1v) is 10.4. The van der Waals surface area contributed by atoms with E-state index in [0.29, 0.717) is 43.4 Å². The lowest BCUT2D eigenvalue weighted by Gasteiger charge is -2.20. The van der Waals surface area contributed by atoms with E-state index >= 15 is 0 Å². The predicted octanol–water partition coefficient (Wildman–Crippen LogP) is 4.73. The summed E-state index contributed by atoms with van der Waals surface area (Å²) in [5, 5.41) is 0. The highest BCUT2D eigenvalue weighted by Gasteiger charge is 2.17. The number of rotatable bonds is 10. The molecule has 162 valence electrons. The molecule has 6 nitrogen and oxygen atoms in total. The summed E-state index contributed by atoms with van der Waals surface area (Å²) in [6, 6.07) is 16.8. The molecule has 0 bridgehead atoms. The van der Waals surface area contributed by atoms with Gasteiger partial charge in [-0.25, -0.2) is 0 Å². The van der Waals surface area contributed by atoms with Crippen LogP contribution >= 0.6 is 0 Å². The number of hydrogen-bond acceptors (Lipinski definition) is 5. The van der Waals surface area contributed by atoms with Crippen LogP contribution in [0.5, 0.6) is 17.2 Å². The Bertz CT molecular complexity index is 992. The van der Waals surface area contributed by atoms with Gasteiger partial charge in [0.1, 0.15) is 12.4 Å². The third kappa shape index (κ3) is 5.98. The van der Waals surface area contributed by atoms with E-state index in [-0.39, 0.29) is 5.91 Å². The molecule has 0 unspecified atom stereocenters. The minimum atomic E-state index is -0.105. The van der Waals surface area contributed by atoms with Crippen molar-refractivity contribution in [3.8, 4) is 17.2 Å². The number of hydrogen-bond donors (Lipinski definition) is 0. The third-order valence-electron chi connectivity index (χ3n) is 4.63. The van der Waals surface area contributed by atoms with E-state index in [4.69, 9.17) is 14.2 Å². The molecule has 2 aromatic carbocycles. The number of ether oxygens (including phenoxy) is 3. The van der Waals surface area contributed by atoms with Crippen molar-refractivity contribution in [3.05, 3.63) is 83.7 Å². The molecule has 1 aromatic heterocycles. The molecule has 0 radical (unpaired) electrons. The van der Waals surface area contributed by atoms with Gasteiger partial charge in [-0.15, -0.1) is 0 Å². The van der Waals surface area contributed by atoms with Gasteiger partial charge in [-0.2, -0.15) is 0 Å². The molecule has 0 saturated heterocycles. The second kappa shape index (κ2) is 11.0. The molecule has 0 aliphatic rings. The fourth-order valence-electron chi connectivity index (χ4n) is 3.15. The highest BCUT2D eigenvalue weighted by Crippen LogP contribution is 2.30. The smallest absolute Gasteiger partial charge is 0.254 e. The minimum Gasteiger partial charge on any atom is -0.494 e. The molecule has 0 saturated carbocycles. The van der Waals surface area contributed by atoms with Crippen LogP contribution in [0.25, 0.3) is 0 Å². The summed E-state index contributed by atoms with van der Waals surface area (Å²) < 4.78 is 17.3.